The van der Waals surface area contributed by atoms with E-state index in [1.165, 1.54) is 17.9 Å². The van der Waals surface area contributed by atoms with Crippen LogP contribution in [-0.2, 0) is 4.74 Å². The molecule has 1 fully saturated rings. The molecule has 3 heterocycles. The number of fused-ring (bicyclic) bond motifs is 1. The molecule has 1 aliphatic rings. The third-order valence-electron chi connectivity index (χ3n) is 3.61. The number of methoxy groups -OCH3 is 1. The Morgan fingerprint density at radius 2 is 2.23 bits per heavy atom. The summed E-state index contributed by atoms with van der Waals surface area (Å²) in [5.74, 6) is 0.0363. The topological polar surface area (TPSA) is 130 Å². The number of hydrogen-bond acceptors (Lipinski definition) is 7. The van der Waals surface area contributed by atoms with Gasteiger partial charge in [0.1, 0.15) is 24.0 Å². The molecular weight excluding hydrogens is 318 g/mol. The van der Waals surface area contributed by atoms with Gasteiger partial charge in [0.15, 0.2) is 6.23 Å². The number of rotatable bonds is 3. The van der Waals surface area contributed by atoms with Crippen molar-refractivity contribution in [1.82, 2.24) is 14.5 Å². The molecule has 9 nitrogen and oxygen atoms in total. The average molecular weight is 332 g/mol. The predicted octanol–water partition coefficient (Wildman–Crippen LogP) is -1.00. The molecule has 22 heavy (non-hydrogen) atoms. The van der Waals surface area contributed by atoms with Crippen LogP contribution in [-0.4, -0.2) is 61.9 Å². The standard InChI is InChI=1S/C12H14ClN3O6/c1-21-10-6-4(13)2-16(9(6)14-12(20)15-10)11-8(19)7(18)5(3-17)22-11/h2,5,7-8,11,17-19H,3H2,1H3,(H,14,15,20)/t5-,7-,8-,11-/m1/s1. The van der Waals surface area contributed by atoms with E-state index in [1.807, 2.05) is 0 Å². The summed E-state index contributed by atoms with van der Waals surface area (Å²) in [6, 6.07) is 0. The summed E-state index contributed by atoms with van der Waals surface area (Å²) in [5.41, 5.74) is -0.427. The Kier molecular flexibility index (Phi) is 3.83. The lowest BCUT2D eigenvalue weighted by molar-refractivity contribution is -0.0508. The van der Waals surface area contributed by atoms with Gasteiger partial charge in [-0.1, -0.05) is 11.6 Å². The highest BCUT2D eigenvalue weighted by Crippen LogP contribution is 2.36. The summed E-state index contributed by atoms with van der Waals surface area (Å²) in [4.78, 5) is 17.8. The number of aromatic nitrogens is 3. The van der Waals surface area contributed by atoms with Crippen LogP contribution in [0.1, 0.15) is 6.23 Å². The zero-order chi connectivity index (χ0) is 16.0. The van der Waals surface area contributed by atoms with Crippen LogP contribution in [0.25, 0.3) is 11.0 Å². The van der Waals surface area contributed by atoms with Gasteiger partial charge in [-0.05, 0) is 0 Å². The lowest BCUT2D eigenvalue weighted by atomic mass is 10.1. The second-order valence-corrected chi connectivity index (χ2v) is 5.30. The van der Waals surface area contributed by atoms with Crippen molar-refractivity contribution in [2.75, 3.05) is 13.7 Å². The summed E-state index contributed by atoms with van der Waals surface area (Å²) in [6.45, 7) is -0.455. The third kappa shape index (κ3) is 2.18. The molecule has 0 bridgehead atoms. The maximum atomic E-state index is 11.6. The van der Waals surface area contributed by atoms with Crippen molar-refractivity contribution < 1.29 is 24.8 Å². The van der Waals surface area contributed by atoms with Crippen LogP contribution in [0.15, 0.2) is 11.0 Å². The first kappa shape index (κ1) is 15.3. The Morgan fingerprint density at radius 3 is 2.82 bits per heavy atom. The van der Waals surface area contributed by atoms with E-state index in [4.69, 9.17) is 26.2 Å². The average Bonchev–Trinajstić information content (AvgIpc) is 2.97. The number of H-pyrrole nitrogens is 1. The van der Waals surface area contributed by atoms with Gasteiger partial charge in [0.25, 0.3) is 0 Å². The summed E-state index contributed by atoms with van der Waals surface area (Å²) in [5, 5.41) is 29.6. The van der Waals surface area contributed by atoms with E-state index in [0.29, 0.717) is 5.39 Å². The van der Waals surface area contributed by atoms with Crippen molar-refractivity contribution in [3.05, 3.63) is 21.7 Å². The van der Waals surface area contributed by atoms with Gasteiger partial charge >= 0.3 is 5.69 Å². The normalized spacial score (nSPS) is 28.4. The first-order valence-electron chi connectivity index (χ1n) is 6.44. The number of hydrogen-bond donors (Lipinski definition) is 4. The quantitative estimate of drug-likeness (QED) is 0.567. The van der Waals surface area contributed by atoms with Crippen LogP contribution in [0.5, 0.6) is 5.88 Å². The molecule has 3 rings (SSSR count). The molecule has 2 aromatic heterocycles. The maximum absolute atomic E-state index is 11.6. The van der Waals surface area contributed by atoms with Crippen LogP contribution >= 0.6 is 11.6 Å². The van der Waals surface area contributed by atoms with Crippen molar-refractivity contribution in [3.8, 4) is 5.88 Å². The fourth-order valence-corrected chi connectivity index (χ4v) is 2.83. The van der Waals surface area contributed by atoms with E-state index in [2.05, 4.69) is 9.97 Å². The minimum absolute atomic E-state index is 0.0363. The van der Waals surface area contributed by atoms with E-state index in [1.54, 1.807) is 0 Å². The number of halogens is 1. The molecule has 120 valence electrons. The molecule has 1 saturated heterocycles. The summed E-state index contributed by atoms with van der Waals surface area (Å²) in [6.07, 6.45) is -3.10. The number of aromatic amines is 1. The highest BCUT2D eigenvalue weighted by Gasteiger charge is 2.44. The van der Waals surface area contributed by atoms with Gasteiger partial charge in [-0.3, -0.25) is 4.98 Å². The molecule has 0 amide bonds. The minimum Gasteiger partial charge on any atom is -0.480 e. The highest BCUT2D eigenvalue weighted by molar-refractivity contribution is 6.35. The highest BCUT2D eigenvalue weighted by atomic mass is 35.5. The SMILES string of the molecule is COc1nc(=O)[nH]c2c1c(Cl)cn2[C@@H]1O[C@H](CO)[C@@H](O)[C@H]1O. The van der Waals surface area contributed by atoms with Gasteiger partial charge in [0.2, 0.25) is 5.88 Å². The van der Waals surface area contributed by atoms with Gasteiger partial charge in [0.05, 0.1) is 24.1 Å². The summed E-state index contributed by atoms with van der Waals surface area (Å²) < 4.78 is 11.8. The molecule has 4 N–H and O–H groups in total. The predicted molar refractivity (Wildman–Crippen MR) is 74.9 cm³/mol. The van der Waals surface area contributed by atoms with E-state index < -0.39 is 36.8 Å². The Morgan fingerprint density at radius 1 is 1.50 bits per heavy atom. The number of nitrogens with zero attached hydrogens (tertiary/aromatic N) is 2. The van der Waals surface area contributed by atoms with Gasteiger partial charge in [0, 0.05) is 6.20 Å². The summed E-state index contributed by atoms with van der Waals surface area (Å²) >= 11 is 6.13. The van der Waals surface area contributed by atoms with E-state index >= 15 is 0 Å². The molecule has 1 aliphatic heterocycles. The maximum Gasteiger partial charge on any atom is 0.349 e. The number of aliphatic hydroxyl groups excluding tert-OH is 3. The van der Waals surface area contributed by atoms with Crippen molar-refractivity contribution in [2.45, 2.75) is 24.5 Å². The molecule has 2 aromatic rings. The Hall–Kier alpha value is -1.65. The Bertz CT molecular complexity index is 759. The molecule has 0 spiro atoms. The van der Waals surface area contributed by atoms with E-state index in [9.17, 15) is 15.0 Å². The van der Waals surface area contributed by atoms with Gasteiger partial charge in [-0.15, -0.1) is 0 Å². The van der Waals surface area contributed by atoms with Crippen molar-refractivity contribution in [2.24, 2.45) is 0 Å². The fraction of sp³-hybridized carbons (Fsp3) is 0.500. The van der Waals surface area contributed by atoms with Crippen molar-refractivity contribution in [1.29, 1.82) is 0 Å². The zero-order valence-electron chi connectivity index (χ0n) is 11.4. The van der Waals surface area contributed by atoms with E-state index in [0.717, 1.165) is 0 Å². The summed E-state index contributed by atoms with van der Waals surface area (Å²) in [7, 11) is 1.35. The second kappa shape index (κ2) is 5.52. The molecule has 0 aliphatic carbocycles. The number of aliphatic hydroxyl groups is 3. The van der Waals surface area contributed by atoms with Gasteiger partial charge in [-0.25, -0.2) is 4.79 Å². The fourth-order valence-electron chi connectivity index (χ4n) is 2.56. The largest absolute Gasteiger partial charge is 0.480 e. The van der Waals surface area contributed by atoms with Crippen molar-refractivity contribution in [3.63, 3.8) is 0 Å². The van der Waals surface area contributed by atoms with E-state index in [-0.39, 0.29) is 16.5 Å². The molecular formula is C12H14ClN3O6. The lowest BCUT2D eigenvalue weighted by Crippen LogP contribution is -2.33. The molecule has 0 aromatic carbocycles. The van der Waals surface area contributed by atoms with Crippen LogP contribution in [0.2, 0.25) is 5.02 Å². The smallest absolute Gasteiger partial charge is 0.349 e. The molecule has 0 saturated carbocycles. The zero-order valence-corrected chi connectivity index (χ0v) is 12.2. The van der Waals surface area contributed by atoms with Crippen molar-refractivity contribution >= 4 is 22.6 Å². The first-order chi connectivity index (χ1) is 10.5. The van der Waals surface area contributed by atoms with Gasteiger partial charge < -0.3 is 29.4 Å². The number of nitrogens with one attached hydrogen (secondary N) is 1. The Balaban J connectivity index is 2.16. The van der Waals surface area contributed by atoms with Crippen LogP contribution in [0, 0.1) is 0 Å². The molecule has 0 unspecified atom stereocenters. The lowest BCUT2D eigenvalue weighted by Gasteiger charge is -2.17. The molecule has 10 heteroatoms. The first-order valence-corrected chi connectivity index (χ1v) is 6.82. The molecule has 4 atom stereocenters. The minimum atomic E-state index is -1.30. The molecule has 0 radical (unpaired) electrons. The second-order valence-electron chi connectivity index (χ2n) is 4.89. The van der Waals surface area contributed by atoms with Gasteiger partial charge in [-0.2, -0.15) is 4.98 Å². The van der Waals surface area contributed by atoms with Crippen LogP contribution in [0.3, 0.4) is 0 Å². The third-order valence-corrected chi connectivity index (χ3v) is 3.90. The number of ether oxygens (including phenoxy) is 2. The van der Waals surface area contributed by atoms with Crippen LogP contribution < -0.4 is 10.4 Å². The monoisotopic (exact) mass is 331 g/mol. The Labute approximate surface area is 128 Å². The van der Waals surface area contributed by atoms with Crippen LogP contribution in [0.4, 0.5) is 0 Å².